The third-order valence-corrected chi connectivity index (χ3v) is 4.71. The minimum Gasteiger partial charge on any atom is -0.395 e. The Bertz CT molecular complexity index is 651. The van der Waals surface area contributed by atoms with Crippen molar-refractivity contribution in [2.75, 3.05) is 39.3 Å². The molecule has 1 aromatic heterocycles. The number of aromatic nitrogens is 1. The van der Waals surface area contributed by atoms with Crippen molar-refractivity contribution >= 4 is 28.4 Å². The number of aliphatic hydroxyl groups is 1. The van der Waals surface area contributed by atoms with E-state index in [4.69, 9.17) is 16.7 Å². The number of hydrogen-bond donors (Lipinski definition) is 1. The summed E-state index contributed by atoms with van der Waals surface area (Å²) in [5, 5.41) is 10.4. The summed E-state index contributed by atoms with van der Waals surface area (Å²) >= 11 is 6.44. The molecule has 0 bridgehead atoms. The number of hydrogen-bond acceptors (Lipinski definition) is 3. The van der Waals surface area contributed by atoms with Crippen molar-refractivity contribution in [3.05, 3.63) is 35.0 Å². The second-order valence-corrected chi connectivity index (χ2v) is 5.97. The Morgan fingerprint density at radius 2 is 1.91 bits per heavy atom. The monoisotopic (exact) mass is 321 g/mol. The summed E-state index contributed by atoms with van der Waals surface area (Å²) < 4.78 is 1.88. The highest BCUT2D eigenvalue weighted by molar-refractivity contribution is 6.38. The zero-order valence-corrected chi connectivity index (χ0v) is 13.4. The van der Waals surface area contributed by atoms with Crippen LogP contribution in [0, 0.1) is 0 Å². The summed E-state index contributed by atoms with van der Waals surface area (Å²) in [4.78, 5) is 16.8. The average Bonchev–Trinajstić information content (AvgIpc) is 2.80. The topological polar surface area (TPSA) is 48.7 Å². The number of halogens is 1. The van der Waals surface area contributed by atoms with E-state index in [0.29, 0.717) is 30.4 Å². The molecule has 0 spiro atoms. The van der Waals surface area contributed by atoms with Crippen LogP contribution in [0.25, 0.3) is 10.9 Å². The normalized spacial score (nSPS) is 16.4. The predicted octanol–water partition coefficient (Wildman–Crippen LogP) is 1.58. The van der Waals surface area contributed by atoms with Crippen LogP contribution < -0.4 is 0 Å². The summed E-state index contributed by atoms with van der Waals surface area (Å²) in [5.41, 5.74) is 1.52. The number of aliphatic hydroxyl groups excluding tert-OH is 1. The van der Waals surface area contributed by atoms with Gasteiger partial charge in [0.1, 0.15) is 5.69 Å². The zero-order chi connectivity index (χ0) is 15.7. The molecule has 0 radical (unpaired) electrons. The molecule has 0 atom stereocenters. The van der Waals surface area contributed by atoms with Gasteiger partial charge in [0.2, 0.25) is 0 Å². The molecule has 2 aromatic rings. The molecule has 5 nitrogen and oxygen atoms in total. The molecule has 1 amide bonds. The summed E-state index contributed by atoms with van der Waals surface area (Å²) in [7, 11) is 1.88. The minimum absolute atomic E-state index is 0.0210. The smallest absolute Gasteiger partial charge is 0.272 e. The maximum atomic E-state index is 12.8. The van der Waals surface area contributed by atoms with Gasteiger partial charge in [-0.1, -0.05) is 29.8 Å². The number of β-amino-alcohol motifs (C(OH)–C–C–N with tert-alkyl or cyclic N) is 1. The summed E-state index contributed by atoms with van der Waals surface area (Å²) in [5.74, 6) is -0.0210. The first-order valence-corrected chi connectivity index (χ1v) is 7.86. The van der Waals surface area contributed by atoms with E-state index in [0.717, 1.165) is 24.0 Å². The second kappa shape index (κ2) is 6.28. The third-order valence-electron chi connectivity index (χ3n) is 4.32. The Kier molecular flexibility index (Phi) is 4.38. The number of rotatable bonds is 3. The maximum absolute atomic E-state index is 12.8. The summed E-state index contributed by atoms with van der Waals surface area (Å²) in [6.07, 6.45) is 0. The molecule has 3 rings (SSSR count). The highest BCUT2D eigenvalue weighted by Crippen LogP contribution is 2.30. The third kappa shape index (κ3) is 2.60. The molecule has 1 aliphatic heterocycles. The SMILES string of the molecule is Cn1c(C(=O)N2CCN(CCO)CC2)c(Cl)c2ccccc21. The molecule has 22 heavy (non-hydrogen) atoms. The van der Waals surface area contributed by atoms with E-state index in [1.807, 2.05) is 40.8 Å². The number of para-hydroxylation sites is 1. The Balaban J connectivity index is 1.84. The van der Waals surface area contributed by atoms with Gasteiger partial charge in [0.05, 0.1) is 11.6 Å². The fourth-order valence-electron chi connectivity index (χ4n) is 3.05. The highest BCUT2D eigenvalue weighted by Gasteiger charge is 2.27. The Hall–Kier alpha value is -1.56. The van der Waals surface area contributed by atoms with E-state index < -0.39 is 0 Å². The molecule has 1 N–H and O–H groups in total. The van der Waals surface area contributed by atoms with Crippen LogP contribution in [-0.4, -0.2) is 64.7 Å². The molecule has 2 heterocycles. The molecule has 1 fully saturated rings. The number of benzene rings is 1. The van der Waals surface area contributed by atoms with Crippen LogP contribution in [0.3, 0.4) is 0 Å². The van der Waals surface area contributed by atoms with Crippen molar-refractivity contribution in [3.63, 3.8) is 0 Å². The van der Waals surface area contributed by atoms with Crippen molar-refractivity contribution in [3.8, 4) is 0 Å². The van der Waals surface area contributed by atoms with Gasteiger partial charge < -0.3 is 14.6 Å². The molecule has 1 aliphatic rings. The van der Waals surface area contributed by atoms with E-state index in [-0.39, 0.29) is 12.5 Å². The minimum atomic E-state index is -0.0210. The van der Waals surface area contributed by atoms with Gasteiger partial charge in [-0.2, -0.15) is 0 Å². The van der Waals surface area contributed by atoms with E-state index in [1.54, 1.807) is 0 Å². The first-order valence-electron chi connectivity index (χ1n) is 7.49. The number of nitrogens with zero attached hydrogens (tertiary/aromatic N) is 3. The molecule has 0 saturated carbocycles. The van der Waals surface area contributed by atoms with Crippen LogP contribution >= 0.6 is 11.6 Å². The molecular formula is C16H20ClN3O2. The lowest BCUT2D eigenvalue weighted by atomic mass is 10.2. The first-order chi connectivity index (χ1) is 10.6. The first kappa shape index (κ1) is 15.3. The Labute approximate surface area is 134 Å². The van der Waals surface area contributed by atoms with Crippen molar-refractivity contribution in [2.45, 2.75) is 0 Å². The maximum Gasteiger partial charge on any atom is 0.272 e. The van der Waals surface area contributed by atoms with Gasteiger partial charge in [0.25, 0.3) is 5.91 Å². The highest BCUT2D eigenvalue weighted by atomic mass is 35.5. The number of amides is 1. The number of carbonyl (C=O) groups excluding carboxylic acids is 1. The fraction of sp³-hybridized carbons (Fsp3) is 0.438. The second-order valence-electron chi connectivity index (χ2n) is 5.60. The van der Waals surface area contributed by atoms with Crippen LogP contribution in [0.5, 0.6) is 0 Å². The number of carbonyl (C=O) groups is 1. The van der Waals surface area contributed by atoms with Gasteiger partial charge in [-0.05, 0) is 6.07 Å². The van der Waals surface area contributed by atoms with Crippen molar-refractivity contribution in [1.29, 1.82) is 0 Å². The molecule has 1 aromatic carbocycles. The standard InChI is InChI=1S/C16H20ClN3O2/c1-18-13-5-3-2-4-12(13)14(17)15(18)16(22)20-8-6-19(7-9-20)10-11-21/h2-5,21H,6-11H2,1H3. The molecule has 6 heteroatoms. The van der Waals surface area contributed by atoms with Gasteiger partial charge in [0.15, 0.2) is 0 Å². The number of piperazine rings is 1. The lowest BCUT2D eigenvalue weighted by molar-refractivity contribution is 0.0606. The molecule has 0 aliphatic carbocycles. The average molecular weight is 322 g/mol. The predicted molar refractivity (Wildman–Crippen MR) is 87.4 cm³/mol. The van der Waals surface area contributed by atoms with Crippen molar-refractivity contribution in [1.82, 2.24) is 14.4 Å². The van der Waals surface area contributed by atoms with Crippen LogP contribution in [0.15, 0.2) is 24.3 Å². The lowest BCUT2D eigenvalue weighted by Gasteiger charge is -2.34. The van der Waals surface area contributed by atoms with Gasteiger partial charge in [-0.25, -0.2) is 0 Å². The molecule has 1 saturated heterocycles. The van der Waals surface area contributed by atoms with E-state index in [1.165, 1.54) is 0 Å². The van der Waals surface area contributed by atoms with E-state index >= 15 is 0 Å². The summed E-state index contributed by atoms with van der Waals surface area (Å²) in [6, 6.07) is 7.78. The van der Waals surface area contributed by atoms with Crippen molar-refractivity contribution < 1.29 is 9.90 Å². The number of aryl methyl sites for hydroxylation is 1. The fourth-order valence-corrected chi connectivity index (χ4v) is 3.42. The Morgan fingerprint density at radius 3 is 2.55 bits per heavy atom. The van der Waals surface area contributed by atoms with Crippen molar-refractivity contribution in [2.24, 2.45) is 7.05 Å². The zero-order valence-electron chi connectivity index (χ0n) is 12.6. The van der Waals surface area contributed by atoms with Gasteiger partial charge in [0, 0.05) is 50.7 Å². The van der Waals surface area contributed by atoms with Crippen LogP contribution in [0.1, 0.15) is 10.5 Å². The van der Waals surface area contributed by atoms with Gasteiger partial charge >= 0.3 is 0 Å². The van der Waals surface area contributed by atoms with E-state index in [2.05, 4.69) is 4.90 Å². The Morgan fingerprint density at radius 1 is 1.23 bits per heavy atom. The summed E-state index contributed by atoms with van der Waals surface area (Å²) in [6.45, 7) is 3.72. The number of fused-ring (bicyclic) bond motifs is 1. The lowest BCUT2D eigenvalue weighted by Crippen LogP contribution is -2.49. The van der Waals surface area contributed by atoms with Gasteiger partial charge in [-0.15, -0.1) is 0 Å². The molecule has 0 unspecified atom stereocenters. The molecule has 118 valence electrons. The van der Waals surface area contributed by atoms with Gasteiger partial charge in [-0.3, -0.25) is 9.69 Å². The van der Waals surface area contributed by atoms with E-state index in [9.17, 15) is 4.79 Å². The molecular weight excluding hydrogens is 302 g/mol. The van der Waals surface area contributed by atoms with Crippen LogP contribution in [0.4, 0.5) is 0 Å². The van der Waals surface area contributed by atoms with Crippen LogP contribution in [-0.2, 0) is 7.05 Å². The largest absolute Gasteiger partial charge is 0.395 e. The quantitative estimate of drug-likeness (QED) is 0.934. The van der Waals surface area contributed by atoms with Crippen LogP contribution in [0.2, 0.25) is 5.02 Å².